The van der Waals surface area contributed by atoms with Gasteiger partial charge in [-0.3, -0.25) is 9.59 Å². The van der Waals surface area contributed by atoms with Crippen LogP contribution < -0.4 is 10.9 Å². The first-order chi connectivity index (χ1) is 11.7. The van der Waals surface area contributed by atoms with Gasteiger partial charge in [-0.15, -0.1) is 5.10 Å². The third-order valence-electron chi connectivity index (χ3n) is 4.76. The van der Waals surface area contributed by atoms with Crippen LogP contribution in [-0.4, -0.2) is 32.3 Å². The van der Waals surface area contributed by atoms with Crippen LogP contribution in [0.2, 0.25) is 0 Å². The number of amides is 1. The Morgan fingerprint density at radius 1 is 1.25 bits per heavy atom. The largest absolute Gasteiger partial charge is 0.350 e. The van der Waals surface area contributed by atoms with E-state index in [1.165, 1.54) is 23.8 Å². The average Bonchev–Trinajstić information content (AvgIpc) is 3.07. The molecule has 1 aliphatic carbocycles. The lowest BCUT2D eigenvalue weighted by atomic mass is 9.89. The van der Waals surface area contributed by atoms with E-state index in [0.29, 0.717) is 23.5 Å². The SMILES string of the molecule is O=C(NCC1CCCCC1)c1nnn2c1c(=O)[nH]c1ccccc12. The summed E-state index contributed by atoms with van der Waals surface area (Å²) in [5, 5.41) is 10.9. The number of carbonyl (C=O) groups is 1. The summed E-state index contributed by atoms with van der Waals surface area (Å²) < 4.78 is 1.43. The molecule has 1 saturated carbocycles. The number of fused-ring (bicyclic) bond motifs is 3. The zero-order valence-corrected chi connectivity index (χ0v) is 13.3. The van der Waals surface area contributed by atoms with E-state index in [4.69, 9.17) is 0 Å². The highest BCUT2D eigenvalue weighted by atomic mass is 16.2. The molecule has 0 aliphatic heterocycles. The number of rotatable bonds is 3. The molecule has 0 saturated heterocycles. The van der Waals surface area contributed by atoms with Crippen molar-refractivity contribution in [3.05, 3.63) is 40.3 Å². The number of hydrogen-bond donors (Lipinski definition) is 2. The number of H-pyrrole nitrogens is 1. The summed E-state index contributed by atoms with van der Waals surface area (Å²) in [5.74, 6) is 0.181. The molecule has 3 aromatic rings. The van der Waals surface area contributed by atoms with Crippen molar-refractivity contribution in [1.82, 2.24) is 25.1 Å². The molecule has 24 heavy (non-hydrogen) atoms. The Morgan fingerprint density at radius 2 is 2.04 bits per heavy atom. The summed E-state index contributed by atoms with van der Waals surface area (Å²) in [6.07, 6.45) is 6.02. The molecule has 0 unspecified atom stereocenters. The number of aromatic nitrogens is 4. The average molecular weight is 325 g/mol. The molecule has 1 aliphatic rings. The van der Waals surface area contributed by atoms with Crippen LogP contribution in [0.5, 0.6) is 0 Å². The van der Waals surface area contributed by atoms with E-state index in [-0.39, 0.29) is 22.7 Å². The van der Waals surface area contributed by atoms with Crippen LogP contribution >= 0.6 is 0 Å². The maximum absolute atomic E-state index is 12.5. The second-order valence-electron chi connectivity index (χ2n) is 6.38. The van der Waals surface area contributed by atoms with Crippen molar-refractivity contribution in [3.8, 4) is 0 Å². The minimum Gasteiger partial charge on any atom is -0.350 e. The topological polar surface area (TPSA) is 92.2 Å². The normalized spacial score (nSPS) is 15.8. The Kier molecular flexibility index (Phi) is 3.76. The van der Waals surface area contributed by atoms with Crippen molar-refractivity contribution in [2.45, 2.75) is 32.1 Å². The Balaban J connectivity index is 1.65. The maximum atomic E-state index is 12.5. The molecule has 2 aromatic heterocycles. The molecule has 0 atom stereocenters. The van der Waals surface area contributed by atoms with Crippen LogP contribution in [0.4, 0.5) is 0 Å². The molecule has 4 rings (SSSR count). The van der Waals surface area contributed by atoms with Gasteiger partial charge >= 0.3 is 0 Å². The molecule has 0 bridgehead atoms. The zero-order valence-electron chi connectivity index (χ0n) is 13.3. The van der Waals surface area contributed by atoms with Crippen molar-refractivity contribution in [1.29, 1.82) is 0 Å². The lowest BCUT2D eigenvalue weighted by molar-refractivity contribution is 0.0940. The van der Waals surface area contributed by atoms with Gasteiger partial charge in [0, 0.05) is 6.54 Å². The molecule has 7 nitrogen and oxygen atoms in total. The summed E-state index contributed by atoms with van der Waals surface area (Å²) in [6, 6.07) is 7.31. The van der Waals surface area contributed by atoms with Gasteiger partial charge in [0.25, 0.3) is 11.5 Å². The number of para-hydroxylation sites is 2. The van der Waals surface area contributed by atoms with E-state index in [2.05, 4.69) is 20.6 Å². The molecule has 1 amide bonds. The van der Waals surface area contributed by atoms with E-state index in [1.807, 2.05) is 18.2 Å². The van der Waals surface area contributed by atoms with Gasteiger partial charge in [0.05, 0.1) is 11.0 Å². The lowest BCUT2D eigenvalue weighted by Gasteiger charge is -2.21. The van der Waals surface area contributed by atoms with Crippen LogP contribution in [0.1, 0.15) is 42.6 Å². The summed E-state index contributed by atoms with van der Waals surface area (Å²) >= 11 is 0. The molecule has 7 heteroatoms. The Labute approximate surface area is 138 Å². The van der Waals surface area contributed by atoms with Gasteiger partial charge in [-0.1, -0.05) is 36.6 Å². The molecule has 0 radical (unpaired) electrons. The molecule has 2 N–H and O–H groups in total. The Morgan fingerprint density at radius 3 is 2.88 bits per heavy atom. The summed E-state index contributed by atoms with van der Waals surface area (Å²) in [4.78, 5) is 27.6. The number of carbonyl (C=O) groups excluding carboxylic acids is 1. The van der Waals surface area contributed by atoms with E-state index in [1.54, 1.807) is 6.07 Å². The van der Waals surface area contributed by atoms with Crippen molar-refractivity contribution in [2.24, 2.45) is 5.92 Å². The fourth-order valence-corrected chi connectivity index (χ4v) is 3.46. The molecule has 0 spiro atoms. The van der Waals surface area contributed by atoms with Crippen LogP contribution in [-0.2, 0) is 0 Å². The third-order valence-corrected chi connectivity index (χ3v) is 4.76. The fourth-order valence-electron chi connectivity index (χ4n) is 3.46. The molecular formula is C17H19N5O2. The van der Waals surface area contributed by atoms with Crippen LogP contribution in [0.25, 0.3) is 16.6 Å². The van der Waals surface area contributed by atoms with Crippen LogP contribution in [0, 0.1) is 5.92 Å². The standard InChI is InChI=1S/C17H19N5O2/c23-16(18-10-11-6-2-1-3-7-11)14-15-17(24)19-12-8-4-5-9-13(12)22(15)21-20-14/h4-5,8-9,11H,1-3,6-7,10H2,(H,18,23)(H,19,24). The molecule has 2 heterocycles. The van der Waals surface area contributed by atoms with Crippen LogP contribution in [0.3, 0.4) is 0 Å². The fraction of sp³-hybridized carbons (Fsp3) is 0.412. The highest BCUT2D eigenvalue weighted by Gasteiger charge is 2.21. The number of nitrogens with zero attached hydrogens (tertiary/aromatic N) is 3. The Bertz CT molecular complexity index is 952. The second-order valence-corrected chi connectivity index (χ2v) is 6.38. The van der Waals surface area contributed by atoms with E-state index in [9.17, 15) is 9.59 Å². The first-order valence-electron chi connectivity index (χ1n) is 8.38. The maximum Gasteiger partial charge on any atom is 0.277 e. The predicted octanol–water partition coefficient (Wildman–Crippen LogP) is 1.88. The van der Waals surface area contributed by atoms with Crippen molar-refractivity contribution >= 4 is 22.5 Å². The number of hydrogen-bond acceptors (Lipinski definition) is 4. The van der Waals surface area contributed by atoms with Crippen molar-refractivity contribution < 1.29 is 4.79 Å². The van der Waals surface area contributed by atoms with E-state index >= 15 is 0 Å². The van der Waals surface area contributed by atoms with Gasteiger partial charge in [0.15, 0.2) is 11.2 Å². The van der Waals surface area contributed by atoms with Crippen molar-refractivity contribution in [2.75, 3.05) is 6.54 Å². The first kappa shape index (κ1) is 14.9. The second kappa shape index (κ2) is 6.07. The zero-order chi connectivity index (χ0) is 16.5. The predicted molar refractivity (Wildman–Crippen MR) is 90.0 cm³/mol. The summed E-state index contributed by atoms with van der Waals surface area (Å²) in [5.41, 5.74) is 1.29. The lowest BCUT2D eigenvalue weighted by Crippen LogP contribution is -2.31. The summed E-state index contributed by atoms with van der Waals surface area (Å²) in [7, 11) is 0. The van der Waals surface area contributed by atoms with Gasteiger partial charge in [-0.25, -0.2) is 4.52 Å². The van der Waals surface area contributed by atoms with E-state index < -0.39 is 0 Å². The number of aromatic amines is 1. The number of nitrogens with one attached hydrogen (secondary N) is 2. The molecule has 1 fully saturated rings. The van der Waals surface area contributed by atoms with Gasteiger partial charge < -0.3 is 10.3 Å². The smallest absolute Gasteiger partial charge is 0.277 e. The van der Waals surface area contributed by atoms with Crippen LogP contribution in [0.15, 0.2) is 29.1 Å². The van der Waals surface area contributed by atoms with Gasteiger partial charge in [-0.2, -0.15) is 0 Å². The first-order valence-corrected chi connectivity index (χ1v) is 8.38. The number of benzene rings is 1. The Hall–Kier alpha value is -2.70. The minimum absolute atomic E-state index is 0.0813. The van der Waals surface area contributed by atoms with Crippen molar-refractivity contribution in [3.63, 3.8) is 0 Å². The quantitative estimate of drug-likeness (QED) is 0.769. The summed E-state index contributed by atoms with van der Waals surface area (Å²) in [6.45, 7) is 0.628. The highest BCUT2D eigenvalue weighted by molar-refractivity contribution is 5.99. The van der Waals surface area contributed by atoms with E-state index in [0.717, 1.165) is 12.8 Å². The van der Waals surface area contributed by atoms with Gasteiger partial charge in [0.1, 0.15) is 0 Å². The highest BCUT2D eigenvalue weighted by Crippen LogP contribution is 2.22. The molecular weight excluding hydrogens is 306 g/mol. The third kappa shape index (κ3) is 2.55. The minimum atomic E-state index is -0.360. The molecule has 124 valence electrons. The monoisotopic (exact) mass is 325 g/mol. The van der Waals surface area contributed by atoms with Gasteiger partial charge in [0.2, 0.25) is 0 Å². The van der Waals surface area contributed by atoms with Gasteiger partial charge in [-0.05, 0) is 30.9 Å². The molecule has 1 aromatic carbocycles.